The molecule has 5 nitrogen and oxygen atoms in total. The van der Waals surface area contributed by atoms with Crippen LogP contribution >= 0.6 is 24.0 Å². The Hall–Kier alpha value is -1.02. The van der Waals surface area contributed by atoms with Crippen LogP contribution in [0.1, 0.15) is 57.6 Å². The molecular formula is C21H34IN3O2. The van der Waals surface area contributed by atoms with Crippen LogP contribution in [0.5, 0.6) is 5.75 Å². The van der Waals surface area contributed by atoms with Crippen LogP contribution in [0.4, 0.5) is 0 Å². The monoisotopic (exact) mass is 487 g/mol. The number of guanidine groups is 1. The number of nitrogens with zero attached hydrogens (tertiary/aromatic N) is 1. The van der Waals surface area contributed by atoms with Crippen molar-refractivity contribution in [3.05, 3.63) is 29.8 Å². The predicted molar refractivity (Wildman–Crippen MR) is 121 cm³/mol. The summed E-state index contributed by atoms with van der Waals surface area (Å²) in [6.45, 7) is 6.56. The third-order valence-electron chi connectivity index (χ3n) is 5.24. The van der Waals surface area contributed by atoms with Crippen molar-refractivity contribution in [3.63, 3.8) is 0 Å². The quantitative estimate of drug-likeness (QED) is 0.272. The lowest BCUT2D eigenvalue weighted by Crippen LogP contribution is -2.47. The molecule has 1 aromatic carbocycles. The second-order valence-corrected chi connectivity index (χ2v) is 7.90. The van der Waals surface area contributed by atoms with Crippen molar-refractivity contribution in [2.24, 2.45) is 10.9 Å². The third-order valence-corrected chi connectivity index (χ3v) is 5.24. The zero-order valence-electron chi connectivity index (χ0n) is 16.8. The van der Waals surface area contributed by atoms with Crippen molar-refractivity contribution in [2.75, 3.05) is 26.8 Å². The number of benzene rings is 1. The van der Waals surface area contributed by atoms with Crippen molar-refractivity contribution < 1.29 is 9.47 Å². The number of fused-ring (bicyclic) bond motifs is 1. The van der Waals surface area contributed by atoms with E-state index in [4.69, 9.17) is 9.47 Å². The maximum absolute atomic E-state index is 6.44. The number of halogens is 1. The van der Waals surface area contributed by atoms with Crippen molar-refractivity contribution >= 4 is 29.9 Å². The van der Waals surface area contributed by atoms with Gasteiger partial charge in [0, 0.05) is 32.2 Å². The Morgan fingerprint density at radius 3 is 2.74 bits per heavy atom. The molecule has 0 aromatic heterocycles. The van der Waals surface area contributed by atoms with Crippen molar-refractivity contribution in [3.8, 4) is 5.75 Å². The van der Waals surface area contributed by atoms with Crippen LogP contribution in [-0.4, -0.2) is 38.4 Å². The van der Waals surface area contributed by atoms with Crippen LogP contribution in [0, 0.1) is 5.92 Å². The molecule has 152 valence electrons. The number of nitrogens with one attached hydrogen (secondary N) is 2. The lowest BCUT2D eigenvalue weighted by atomic mass is 9.86. The predicted octanol–water partition coefficient (Wildman–Crippen LogP) is 4.28. The number of ether oxygens (including phenoxy) is 2. The summed E-state index contributed by atoms with van der Waals surface area (Å²) in [4.78, 5) is 4.40. The van der Waals surface area contributed by atoms with E-state index < -0.39 is 0 Å². The highest BCUT2D eigenvalue weighted by Crippen LogP contribution is 2.46. The van der Waals surface area contributed by atoms with E-state index in [1.54, 1.807) is 0 Å². The first kappa shape index (κ1) is 22.3. The Morgan fingerprint density at radius 1 is 1.30 bits per heavy atom. The normalized spacial score (nSPS) is 20.7. The lowest BCUT2D eigenvalue weighted by molar-refractivity contribution is 0.0395. The number of aliphatic imine (C=N–C) groups is 1. The number of rotatable bonds is 6. The molecule has 1 aliphatic heterocycles. The fourth-order valence-electron chi connectivity index (χ4n) is 3.99. The molecule has 1 atom stereocenters. The van der Waals surface area contributed by atoms with Crippen LogP contribution in [0.15, 0.2) is 29.3 Å². The smallest absolute Gasteiger partial charge is 0.191 e. The van der Waals surface area contributed by atoms with Crippen molar-refractivity contribution in [1.29, 1.82) is 0 Å². The Kier molecular flexibility index (Phi) is 8.66. The van der Waals surface area contributed by atoms with E-state index >= 15 is 0 Å². The van der Waals surface area contributed by atoms with E-state index in [0.29, 0.717) is 12.5 Å². The SMILES string of the molecule is CN=C(NCCOCC(C)C)NC1CC2(CCCC2)Oc2ccccc21.I. The maximum atomic E-state index is 6.44. The van der Waals surface area contributed by atoms with Crippen LogP contribution in [0.3, 0.4) is 0 Å². The van der Waals surface area contributed by atoms with E-state index in [1.807, 2.05) is 7.05 Å². The molecule has 0 bridgehead atoms. The minimum Gasteiger partial charge on any atom is -0.487 e. The molecule has 0 radical (unpaired) electrons. The number of hydrogen-bond donors (Lipinski definition) is 2. The van der Waals surface area contributed by atoms with Crippen LogP contribution < -0.4 is 15.4 Å². The van der Waals surface area contributed by atoms with Gasteiger partial charge in [0.25, 0.3) is 0 Å². The summed E-state index contributed by atoms with van der Waals surface area (Å²) in [5, 5.41) is 6.99. The molecule has 1 saturated carbocycles. The lowest BCUT2D eigenvalue weighted by Gasteiger charge is -2.40. The summed E-state index contributed by atoms with van der Waals surface area (Å²) in [5.74, 6) is 2.41. The maximum Gasteiger partial charge on any atom is 0.191 e. The van der Waals surface area contributed by atoms with E-state index in [2.05, 4.69) is 53.7 Å². The minimum atomic E-state index is -0.00868. The first-order chi connectivity index (χ1) is 12.6. The summed E-state index contributed by atoms with van der Waals surface area (Å²) in [7, 11) is 1.82. The fraction of sp³-hybridized carbons (Fsp3) is 0.667. The average molecular weight is 487 g/mol. The van der Waals surface area contributed by atoms with Crippen molar-refractivity contribution in [1.82, 2.24) is 10.6 Å². The van der Waals surface area contributed by atoms with E-state index in [1.165, 1.54) is 18.4 Å². The summed E-state index contributed by atoms with van der Waals surface area (Å²) in [5.41, 5.74) is 1.22. The van der Waals surface area contributed by atoms with Gasteiger partial charge in [0.2, 0.25) is 0 Å². The van der Waals surface area contributed by atoms with Gasteiger partial charge >= 0.3 is 0 Å². The van der Waals surface area contributed by atoms with Crippen LogP contribution in [-0.2, 0) is 4.74 Å². The first-order valence-electron chi connectivity index (χ1n) is 9.95. The first-order valence-corrected chi connectivity index (χ1v) is 9.95. The summed E-state index contributed by atoms with van der Waals surface area (Å²) < 4.78 is 12.1. The molecule has 1 unspecified atom stereocenters. The topological polar surface area (TPSA) is 54.9 Å². The molecule has 1 aliphatic carbocycles. The van der Waals surface area contributed by atoms with E-state index in [0.717, 1.165) is 44.1 Å². The molecule has 1 heterocycles. The summed E-state index contributed by atoms with van der Waals surface area (Å²) >= 11 is 0. The molecule has 0 amide bonds. The van der Waals surface area contributed by atoms with Gasteiger partial charge in [-0.25, -0.2) is 0 Å². The molecule has 0 saturated heterocycles. The highest BCUT2D eigenvalue weighted by molar-refractivity contribution is 14.0. The molecule has 6 heteroatoms. The largest absolute Gasteiger partial charge is 0.487 e. The Morgan fingerprint density at radius 2 is 2.04 bits per heavy atom. The second-order valence-electron chi connectivity index (χ2n) is 7.90. The molecular weight excluding hydrogens is 453 g/mol. The van der Waals surface area contributed by atoms with Gasteiger partial charge in [0.1, 0.15) is 11.4 Å². The Bertz CT molecular complexity index is 615. The Labute approximate surface area is 180 Å². The Balaban J connectivity index is 0.00000261. The van der Waals surface area contributed by atoms with Gasteiger partial charge < -0.3 is 20.1 Å². The molecule has 3 rings (SSSR count). The summed E-state index contributed by atoms with van der Waals surface area (Å²) in [6.07, 6.45) is 5.81. The third kappa shape index (κ3) is 5.98. The molecule has 1 aromatic rings. The van der Waals surface area contributed by atoms with E-state index in [-0.39, 0.29) is 35.6 Å². The zero-order valence-corrected chi connectivity index (χ0v) is 19.1. The molecule has 2 N–H and O–H groups in total. The van der Waals surface area contributed by atoms with Crippen LogP contribution in [0.2, 0.25) is 0 Å². The molecule has 2 aliphatic rings. The average Bonchev–Trinajstić information content (AvgIpc) is 3.07. The van der Waals surface area contributed by atoms with E-state index in [9.17, 15) is 0 Å². The van der Waals surface area contributed by atoms with Crippen molar-refractivity contribution in [2.45, 2.75) is 57.6 Å². The van der Waals surface area contributed by atoms with Gasteiger partial charge in [-0.05, 0) is 37.7 Å². The fourth-order valence-corrected chi connectivity index (χ4v) is 3.99. The van der Waals surface area contributed by atoms with Gasteiger partial charge in [0.15, 0.2) is 5.96 Å². The van der Waals surface area contributed by atoms with Gasteiger partial charge in [0.05, 0.1) is 12.6 Å². The van der Waals surface area contributed by atoms with Crippen LogP contribution in [0.25, 0.3) is 0 Å². The van der Waals surface area contributed by atoms with Gasteiger partial charge in [-0.1, -0.05) is 32.0 Å². The standard InChI is InChI=1S/C21H33N3O2.HI/c1-16(2)15-25-13-12-23-20(22-3)24-18-14-21(10-6-7-11-21)26-19-9-5-4-8-17(18)19;/h4-5,8-9,16,18H,6-7,10-15H2,1-3H3,(H2,22,23,24);1H. The van der Waals surface area contributed by atoms with Gasteiger partial charge in [-0.15, -0.1) is 24.0 Å². The summed E-state index contributed by atoms with van der Waals surface area (Å²) in [6, 6.07) is 8.62. The second kappa shape index (κ2) is 10.5. The minimum absolute atomic E-state index is 0. The zero-order chi connectivity index (χ0) is 18.4. The number of para-hydroxylation sites is 1. The molecule has 1 fully saturated rings. The number of hydrogen-bond acceptors (Lipinski definition) is 3. The van der Waals surface area contributed by atoms with Gasteiger partial charge in [-0.3, -0.25) is 4.99 Å². The highest BCUT2D eigenvalue weighted by Gasteiger charge is 2.43. The highest BCUT2D eigenvalue weighted by atomic mass is 127. The molecule has 1 spiro atoms. The van der Waals surface area contributed by atoms with Gasteiger partial charge in [-0.2, -0.15) is 0 Å². The molecule has 27 heavy (non-hydrogen) atoms.